The second kappa shape index (κ2) is 10.9. The van der Waals surface area contributed by atoms with Gasteiger partial charge in [-0.25, -0.2) is 0 Å². The van der Waals surface area contributed by atoms with Crippen LogP contribution >= 0.6 is 0 Å². The van der Waals surface area contributed by atoms with E-state index in [0.717, 1.165) is 67.3 Å². The summed E-state index contributed by atoms with van der Waals surface area (Å²) >= 11 is 0. The Labute approximate surface area is 202 Å². The van der Waals surface area contributed by atoms with Gasteiger partial charge in [-0.2, -0.15) is 0 Å². The quantitative estimate of drug-likeness (QED) is 0.479. The lowest BCUT2D eigenvalue weighted by molar-refractivity contribution is 0.0323. The fourth-order valence-corrected chi connectivity index (χ4v) is 3.95. The van der Waals surface area contributed by atoms with Gasteiger partial charge in [0.2, 0.25) is 0 Å². The fourth-order valence-electron chi connectivity index (χ4n) is 3.95. The minimum Gasteiger partial charge on any atom is -0.492 e. The molecule has 4 rings (SSSR count). The van der Waals surface area contributed by atoms with Crippen molar-refractivity contribution < 1.29 is 14.3 Å². The minimum atomic E-state index is -0.134. The molecular weight excluding hydrogens is 426 g/mol. The van der Waals surface area contributed by atoms with Crippen LogP contribution in [0, 0.1) is 5.41 Å². The lowest BCUT2D eigenvalue weighted by atomic mass is 9.97. The van der Waals surface area contributed by atoms with E-state index in [1.807, 2.05) is 60.7 Å². The van der Waals surface area contributed by atoms with Gasteiger partial charge in [0.25, 0.3) is 5.91 Å². The Morgan fingerprint density at radius 3 is 2.53 bits per heavy atom. The van der Waals surface area contributed by atoms with Crippen LogP contribution in [0.2, 0.25) is 0 Å². The zero-order chi connectivity index (χ0) is 24.0. The molecule has 0 aliphatic carbocycles. The van der Waals surface area contributed by atoms with Gasteiger partial charge in [0.15, 0.2) is 0 Å². The molecule has 2 N–H and O–H groups in total. The topological polar surface area (TPSA) is 62.8 Å². The maximum absolute atomic E-state index is 13.1. The number of nitrogens with zero attached hydrogens (tertiary/aromatic N) is 1. The molecule has 3 aromatic rings. The summed E-state index contributed by atoms with van der Waals surface area (Å²) < 4.78 is 11.5. The molecule has 0 spiro atoms. The van der Waals surface area contributed by atoms with E-state index in [9.17, 15) is 4.79 Å². The molecule has 0 atom stereocenters. The molecule has 0 unspecified atom stereocenters. The monoisotopic (exact) mass is 461 g/mol. The van der Waals surface area contributed by atoms with Crippen LogP contribution in [0.25, 0.3) is 10.8 Å². The number of morpholine rings is 1. The molecule has 1 amide bonds. The van der Waals surface area contributed by atoms with E-state index < -0.39 is 0 Å². The van der Waals surface area contributed by atoms with Crippen LogP contribution < -0.4 is 15.4 Å². The predicted molar refractivity (Wildman–Crippen MR) is 139 cm³/mol. The summed E-state index contributed by atoms with van der Waals surface area (Å²) in [5, 5.41) is 8.46. The van der Waals surface area contributed by atoms with E-state index in [4.69, 9.17) is 9.47 Å². The van der Waals surface area contributed by atoms with Crippen molar-refractivity contribution in [3.63, 3.8) is 0 Å². The van der Waals surface area contributed by atoms with Gasteiger partial charge in [-0.3, -0.25) is 9.69 Å². The summed E-state index contributed by atoms with van der Waals surface area (Å²) in [5.74, 6) is 0.695. The van der Waals surface area contributed by atoms with Gasteiger partial charge in [0, 0.05) is 53.9 Å². The first-order valence-electron chi connectivity index (χ1n) is 12.0. The van der Waals surface area contributed by atoms with Gasteiger partial charge >= 0.3 is 0 Å². The molecule has 1 aliphatic heterocycles. The number of carbonyl (C=O) groups is 1. The van der Waals surface area contributed by atoms with E-state index in [0.29, 0.717) is 12.2 Å². The molecule has 1 aliphatic rings. The molecule has 6 nitrogen and oxygen atoms in total. The molecule has 1 heterocycles. The van der Waals surface area contributed by atoms with Crippen LogP contribution in [0.15, 0.2) is 60.7 Å². The average Bonchev–Trinajstić information content (AvgIpc) is 2.84. The summed E-state index contributed by atoms with van der Waals surface area (Å²) in [5.41, 5.74) is 2.49. The number of rotatable bonds is 8. The number of carbonyl (C=O) groups excluding carboxylic acids is 1. The molecule has 0 saturated carbocycles. The zero-order valence-electron chi connectivity index (χ0n) is 20.4. The second-order valence-corrected chi connectivity index (χ2v) is 9.91. The number of nitrogens with one attached hydrogen (secondary N) is 2. The van der Waals surface area contributed by atoms with Gasteiger partial charge in [0.1, 0.15) is 12.4 Å². The Morgan fingerprint density at radius 1 is 1.00 bits per heavy atom. The number of fused-ring (bicyclic) bond motifs is 1. The number of hydrogen-bond acceptors (Lipinski definition) is 5. The van der Waals surface area contributed by atoms with Crippen molar-refractivity contribution in [2.24, 2.45) is 5.41 Å². The van der Waals surface area contributed by atoms with Crippen molar-refractivity contribution in [1.29, 1.82) is 0 Å². The van der Waals surface area contributed by atoms with E-state index in [2.05, 4.69) is 36.3 Å². The first-order chi connectivity index (χ1) is 16.4. The highest BCUT2D eigenvalue weighted by molar-refractivity contribution is 6.10. The molecule has 0 radical (unpaired) electrons. The third kappa shape index (κ3) is 6.49. The van der Waals surface area contributed by atoms with E-state index in [1.54, 1.807) is 0 Å². The third-order valence-corrected chi connectivity index (χ3v) is 5.85. The van der Waals surface area contributed by atoms with E-state index >= 15 is 0 Å². The third-order valence-electron chi connectivity index (χ3n) is 5.85. The Bertz CT molecular complexity index is 1120. The maximum atomic E-state index is 13.1. The van der Waals surface area contributed by atoms with Crippen LogP contribution in [-0.4, -0.2) is 56.8 Å². The number of amides is 1. The smallest absolute Gasteiger partial charge is 0.255 e. The molecule has 0 aromatic heterocycles. The van der Waals surface area contributed by atoms with Crippen molar-refractivity contribution in [1.82, 2.24) is 4.90 Å². The lowest BCUT2D eigenvalue weighted by Crippen LogP contribution is -2.38. The van der Waals surface area contributed by atoms with Gasteiger partial charge < -0.3 is 20.1 Å². The van der Waals surface area contributed by atoms with Crippen molar-refractivity contribution >= 4 is 28.1 Å². The van der Waals surface area contributed by atoms with E-state index in [-0.39, 0.29) is 11.3 Å². The summed E-state index contributed by atoms with van der Waals surface area (Å²) in [6.07, 6.45) is 0. The first kappa shape index (κ1) is 24.0. The van der Waals surface area contributed by atoms with Gasteiger partial charge in [-0.05, 0) is 35.7 Å². The largest absolute Gasteiger partial charge is 0.492 e. The Hall–Kier alpha value is -3.09. The van der Waals surface area contributed by atoms with Crippen LogP contribution in [0.5, 0.6) is 5.75 Å². The molecule has 3 aromatic carbocycles. The molecule has 1 fully saturated rings. The Kier molecular flexibility index (Phi) is 7.70. The minimum absolute atomic E-state index is 0.134. The number of anilines is 2. The Balaban J connectivity index is 1.45. The molecule has 1 saturated heterocycles. The molecular formula is C28H35N3O3. The lowest BCUT2D eigenvalue weighted by Gasteiger charge is -2.26. The summed E-state index contributed by atoms with van der Waals surface area (Å²) in [7, 11) is 0. The van der Waals surface area contributed by atoms with Crippen LogP contribution in [-0.2, 0) is 4.74 Å². The summed E-state index contributed by atoms with van der Waals surface area (Å²) in [4.78, 5) is 15.4. The molecule has 34 heavy (non-hydrogen) atoms. The van der Waals surface area contributed by atoms with Crippen molar-refractivity contribution in [3.8, 4) is 5.75 Å². The average molecular weight is 462 g/mol. The number of ether oxygens (including phenoxy) is 2. The Morgan fingerprint density at radius 2 is 1.76 bits per heavy atom. The number of hydrogen-bond donors (Lipinski definition) is 2. The maximum Gasteiger partial charge on any atom is 0.255 e. The molecule has 180 valence electrons. The standard InChI is InChI=1S/C28H35N3O3/c1-28(2,3)20-29-22-8-6-7-21(19-22)27(32)30-25-11-12-26(24-10-5-4-9-23(24)25)34-18-15-31-13-16-33-17-14-31/h4-12,19,29H,13-18,20H2,1-3H3,(H,30,32). The van der Waals surface area contributed by atoms with Gasteiger partial charge in [0.05, 0.1) is 13.2 Å². The van der Waals surface area contributed by atoms with Crippen LogP contribution in [0.1, 0.15) is 31.1 Å². The van der Waals surface area contributed by atoms with Gasteiger partial charge in [-0.1, -0.05) is 51.1 Å². The summed E-state index contributed by atoms with van der Waals surface area (Å²) in [6, 6.07) is 19.5. The highest BCUT2D eigenvalue weighted by Crippen LogP contribution is 2.32. The normalized spacial score (nSPS) is 14.7. The van der Waals surface area contributed by atoms with E-state index in [1.165, 1.54) is 0 Å². The highest BCUT2D eigenvalue weighted by Gasteiger charge is 2.14. The van der Waals surface area contributed by atoms with Gasteiger partial charge in [-0.15, -0.1) is 0 Å². The van der Waals surface area contributed by atoms with Crippen LogP contribution in [0.4, 0.5) is 11.4 Å². The predicted octanol–water partition coefficient (Wildman–Crippen LogP) is 5.26. The highest BCUT2D eigenvalue weighted by atomic mass is 16.5. The van der Waals surface area contributed by atoms with Crippen LogP contribution in [0.3, 0.4) is 0 Å². The first-order valence-corrected chi connectivity index (χ1v) is 12.0. The zero-order valence-corrected chi connectivity index (χ0v) is 20.4. The number of benzene rings is 3. The molecule has 0 bridgehead atoms. The SMILES string of the molecule is CC(C)(C)CNc1cccc(C(=O)Nc2ccc(OCCN3CCOCC3)c3ccccc23)c1. The molecule has 6 heteroatoms. The second-order valence-electron chi connectivity index (χ2n) is 9.91. The summed E-state index contributed by atoms with van der Waals surface area (Å²) in [6.45, 7) is 12.3. The van der Waals surface area contributed by atoms with Crippen molar-refractivity contribution in [2.75, 3.05) is 56.6 Å². The van der Waals surface area contributed by atoms with Crippen molar-refractivity contribution in [3.05, 3.63) is 66.2 Å². The fraction of sp³-hybridized carbons (Fsp3) is 0.393. The van der Waals surface area contributed by atoms with Crippen molar-refractivity contribution in [2.45, 2.75) is 20.8 Å².